The fourth-order valence-electron chi connectivity index (χ4n) is 2.10. The van der Waals surface area contributed by atoms with Gasteiger partial charge in [-0.1, -0.05) is 30.3 Å². The molecule has 0 saturated carbocycles. The number of hydrogen-bond donors (Lipinski definition) is 1. The van der Waals surface area contributed by atoms with Crippen molar-refractivity contribution in [3.05, 3.63) is 54.7 Å². The third-order valence-electron chi connectivity index (χ3n) is 3.00. The van der Waals surface area contributed by atoms with Crippen LogP contribution in [-0.2, 0) is 7.05 Å². The molecule has 6 heteroatoms. The number of amidine groups is 1. The van der Waals surface area contributed by atoms with Gasteiger partial charge in [-0.25, -0.2) is 0 Å². The average Bonchev–Trinajstić information content (AvgIpc) is 2.90. The molecule has 1 N–H and O–H groups in total. The van der Waals surface area contributed by atoms with Crippen molar-refractivity contribution >= 4 is 22.6 Å². The summed E-state index contributed by atoms with van der Waals surface area (Å²) < 4.78 is 7.33. The highest BCUT2D eigenvalue weighted by Gasteiger charge is 2.09. The van der Waals surface area contributed by atoms with Gasteiger partial charge in [0, 0.05) is 18.6 Å². The summed E-state index contributed by atoms with van der Waals surface area (Å²) in [5, 5.41) is 17.2. The molecule has 0 atom stereocenters. The van der Waals surface area contributed by atoms with Gasteiger partial charge < -0.3 is 10.1 Å². The fourth-order valence-corrected chi connectivity index (χ4v) is 2.10. The molecule has 0 spiro atoms. The highest BCUT2D eigenvalue weighted by Crippen LogP contribution is 2.21. The van der Waals surface area contributed by atoms with E-state index >= 15 is 0 Å². The molecule has 3 rings (SSSR count). The zero-order valence-corrected chi connectivity index (χ0v) is 11.9. The lowest BCUT2D eigenvalue weighted by Crippen LogP contribution is -2.19. The summed E-state index contributed by atoms with van der Waals surface area (Å²) in [5.74, 6) is 0.595. The van der Waals surface area contributed by atoms with E-state index in [1.807, 2.05) is 49.6 Å². The van der Waals surface area contributed by atoms with Crippen LogP contribution in [0.15, 0.2) is 59.7 Å². The molecule has 22 heavy (non-hydrogen) atoms. The van der Waals surface area contributed by atoms with Crippen LogP contribution >= 0.6 is 0 Å². The highest BCUT2D eigenvalue weighted by atomic mass is 16.5. The second kappa shape index (κ2) is 5.97. The molecule has 0 bridgehead atoms. The maximum atomic E-state index is 8.83. The Balaban J connectivity index is 1.90. The summed E-state index contributed by atoms with van der Waals surface area (Å²) in [6, 6.07) is 15.0. The Labute approximate surface area is 127 Å². The van der Waals surface area contributed by atoms with Crippen molar-refractivity contribution < 1.29 is 4.74 Å². The van der Waals surface area contributed by atoms with E-state index in [4.69, 9.17) is 10.00 Å². The van der Waals surface area contributed by atoms with E-state index < -0.39 is 0 Å². The number of anilines is 1. The number of fused-ring (bicyclic) bond motifs is 1. The summed E-state index contributed by atoms with van der Waals surface area (Å²) in [6.45, 7) is 0. The Hall–Kier alpha value is -3.33. The minimum Gasteiger partial charge on any atom is -0.425 e. The Bertz CT molecular complexity index is 861. The molecule has 108 valence electrons. The summed E-state index contributed by atoms with van der Waals surface area (Å²) in [6.07, 6.45) is 3.65. The lowest BCUT2D eigenvalue weighted by Gasteiger charge is -2.10. The minimum absolute atomic E-state index is 0.104. The van der Waals surface area contributed by atoms with Crippen molar-refractivity contribution in [3.8, 4) is 11.9 Å². The van der Waals surface area contributed by atoms with Gasteiger partial charge in [0.2, 0.25) is 6.19 Å². The van der Waals surface area contributed by atoms with Crippen LogP contribution < -0.4 is 10.1 Å². The zero-order chi connectivity index (χ0) is 15.4. The molecule has 0 aliphatic carbocycles. The smallest absolute Gasteiger partial charge is 0.310 e. The van der Waals surface area contributed by atoms with E-state index in [2.05, 4.69) is 15.4 Å². The van der Waals surface area contributed by atoms with Gasteiger partial charge in [-0.05, 0) is 18.2 Å². The van der Waals surface area contributed by atoms with Gasteiger partial charge in [-0.3, -0.25) is 4.68 Å². The molecule has 0 unspecified atom stereocenters. The SMILES string of the molecule is Cn1cc2cccc(N/C(=N/C#N)Oc3ccccc3)c2n1. The number of nitrogens with one attached hydrogen (secondary N) is 1. The quantitative estimate of drug-likeness (QED) is 0.447. The number of benzene rings is 2. The Morgan fingerprint density at radius 3 is 2.82 bits per heavy atom. The number of rotatable bonds is 2. The van der Waals surface area contributed by atoms with E-state index in [-0.39, 0.29) is 6.02 Å². The first kappa shape index (κ1) is 13.6. The largest absolute Gasteiger partial charge is 0.425 e. The van der Waals surface area contributed by atoms with Gasteiger partial charge >= 0.3 is 6.02 Å². The lowest BCUT2D eigenvalue weighted by atomic mass is 10.2. The van der Waals surface area contributed by atoms with Crippen LogP contribution in [0.2, 0.25) is 0 Å². The summed E-state index contributed by atoms with van der Waals surface area (Å²) in [5.41, 5.74) is 1.51. The lowest BCUT2D eigenvalue weighted by molar-refractivity contribution is 0.549. The van der Waals surface area contributed by atoms with Crippen LogP contribution in [-0.4, -0.2) is 15.8 Å². The van der Waals surface area contributed by atoms with Crippen LogP contribution in [0.3, 0.4) is 0 Å². The normalized spacial score (nSPS) is 11.2. The predicted molar refractivity (Wildman–Crippen MR) is 84.5 cm³/mol. The number of para-hydroxylation sites is 1. The molecule has 0 amide bonds. The van der Waals surface area contributed by atoms with Crippen molar-refractivity contribution in [2.45, 2.75) is 0 Å². The molecule has 0 aliphatic rings. The van der Waals surface area contributed by atoms with Crippen molar-refractivity contribution in [3.63, 3.8) is 0 Å². The van der Waals surface area contributed by atoms with E-state index in [1.165, 1.54) is 0 Å². The number of nitriles is 1. The van der Waals surface area contributed by atoms with Crippen LogP contribution in [0.25, 0.3) is 10.9 Å². The van der Waals surface area contributed by atoms with Crippen molar-refractivity contribution in [1.29, 1.82) is 5.26 Å². The summed E-state index contributed by atoms with van der Waals surface area (Å²) in [4.78, 5) is 3.68. The molecule has 6 nitrogen and oxygen atoms in total. The van der Waals surface area contributed by atoms with E-state index in [1.54, 1.807) is 23.0 Å². The minimum atomic E-state index is 0.104. The third-order valence-corrected chi connectivity index (χ3v) is 3.00. The molecular weight excluding hydrogens is 278 g/mol. The number of aryl methyl sites for hydroxylation is 1. The molecule has 1 heterocycles. The highest BCUT2D eigenvalue weighted by molar-refractivity contribution is 6.00. The predicted octanol–water partition coefficient (Wildman–Crippen LogP) is 2.90. The molecule has 2 aromatic carbocycles. The molecule has 0 fully saturated rings. The first-order valence-corrected chi connectivity index (χ1v) is 6.65. The number of ether oxygens (including phenoxy) is 1. The van der Waals surface area contributed by atoms with Gasteiger partial charge in [0.25, 0.3) is 0 Å². The molecule has 0 radical (unpaired) electrons. The van der Waals surface area contributed by atoms with Gasteiger partial charge in [0.15, 0.2) is 0 Å². The second-order valence-electron chi connectivity index (χ2n) is 4.60. The van der Waals surface area contributed by atoms with Crippen LogP contribution in [0, 0.1) is 11.5 Å². The number of aliphatic imine (C=N–C) groups is 1. The van der Waals surface area contributed by atoms with Crippen LogP contribution in [0.5, 0.6) is 5.75 Å². The monoisotopic (exact) mass is 291 g/mol. The number of aromatic nitrogens is 2. The number of hydrogen-bond acceptors (Lipinski definition) is 4. The number of nitrogens with zero attached hydrogens (tertiary/aromatic N) is 4. The van der Waals surface area contributed by atoms with Gasteiger partial charge in [0.1, 0.15) is 11.3 Å². The first-order chi connectivity index (χ1) is 10.8. The second-order valence-corrected chi connectivity index (χ2v) is 4.60. The average molecular weight is 291 g/mol. The maximum Gasteiger partial charge on any atom is 0.310 e. The zero-order valence-electron chi connectivity index (χ0n) is 11.9. The molecule has 1 aromatic heterocycles. The standard InChI is InChI=1S/C16H13N5O/c1-21-10-12-6-5-9-14(15(12)20-21)19-16(18-11-17)22-13-7-3-2-4-8-13/h2-10H,1H3,(H,18,19). The Morgan fingerprint density at radius 1 is 1.23 bits per heavy atom. The van der Waals surface area contributed by atoms with Crippen LogP contribution in [0.1, 0.15) is 0 Å². The topological polar surface area (TPSA) is 75.2 Å². The van der Waals surface area contributed by atoms with E-state index in [9.17, 15) is 0 Å². The Kier molecular flexibility index (Phi) is 3.70. The third kappa shape index (κ3) is 2.88. The molecule has 0 aliphatic heterocycles. The van der Waals surface area contributed by atoms with E-state index in [0.29, 0.717) is 5.75 Å². The molecule has 3 aromatic rings. The van der Waals surface area contributed by atoms with Crippen molar-refractivity contribution in [2.24, 2.45) is 12.0 Å². The fraction of sp³-hybridized carbons (Fsp3) is 0.0625. The summed E-state index contributed by atoms with van der Waals surface area (Å²) in [7, 11) is 1.86. The Morgan fingerprint density at radius 2 is 2.05 bits per heavy atom. The van der Waals surface area contributed by atoms with Gasteiger partial charge in [0.05, 0.1) is 5.69 Å². The van der Waals surface area contributed by atoms with Crippen LogP contribution in [0.4, 0.5) is 5.69 Å². The first-order valence-electron chi connectivity index (χ1n) is 6.65. The van der Waals surface area contributed by atoms with E-state index in [0.717, 1.165) is 16.6 Å². The van der Waals surface area contributed by atoms with Crippen molar-refractivity contribution in [2.75, 3.05) is 5.32 Å². The van der Waals surface area contributed by atoms with Gasteiger partial charge in [-0.2, -0.15) is 10.4 Å². The molecular formula is C16H13N5O. The summed E-state index contributed by atoms with van der Waals surface area (Å²) >= 11 is 0. The molecule has 0 saturated heterocycles. The van der Waals surface area contributed by atoms with Crippen molar-refractivity contribution in [1.82, 2.24) is 9.78 Å². The maximum absolute atomic E-state index is 8.83. The van der Waals surface area contributed by atoms with Gasteiger partial charge in [-0.15, -0.1) is 4.99 Å².